The summed E-state index contributed by atoms with van der Waals surface area (Å²) in [7, 11) is 0. The normalized spacial score (nSPS) is 16.7. The van der Waals surface area contributed by atoms with Crippen LogP contribution >= 0.6 is 0 Å². The number of hydrogen-bond donors (Lipinski definition) is 0. The molecule has 33 heavy (non-hydrogen) atoms. The zero-order valence-corrected chi connectivity index (χ0v) is 19.6. The van der Waals surface area contributed by atoms with E-state index in [0.29, 0.717) is 17.5 Å². The minimum atomic E-state index is -0.179. The molecule has 0 radical (unpaired) electrons. The Hall–Kier alpha value is -3.31. The van der Waals surface area contributed by atoms with Crippen LogP contribution in [-0.2, 0) is 4.65 Å². The molecule has 164 valence electrons. The first-order valence-corrected chi connectivity index (χ1v) is 11.5. The lowest BCUT2D eigenvalue weighted by Crippen LogP contribution is -2.36. The van der Waals surface area contributed by atoms with Crippen LogP contribution in [0.4, 0.5) is 0 Å². The van der Waals surface area contributed by atoms with Gasteiger partial charge in [-0.1, -0.05) is 98.8 Å². The highest BCUT2D eigenvalue weighted by atomic mass is 16.5. The Morgan fingerprint density at radius 2 is 1.12 bits per heavy atom. The lowest BCUT2D eigenvalue weighted by molar-refractivity contribution is 0.0375. The van der Waals surface area contributed by atoms with Gasteiger partial charge in [0.05, 0.1) is 5.60 Å². The molecule has 0 N–H and O–H groups in total. The standard InChI is InChI=1S/C28H28BN3O/c1-27(2)19-29(33-28(27,3)4)23-17-11-16-22(18-23)26-31-24(20-12-7-5-8-13-20)30-25(32-26)21-14-9-6-10-15-21/h5-18H,19H2,1-4H3. The second-order valence-electron chi connectivity index (χ2n) is 9.87. The molecule has 0 unspecified atom stereocenters. The van der Waals surface area contributed by atoms with Crippen LogP contribution in [0.2, 0.25) is 6.32 Å². The van der Waals surface area contributed by atoms with Crippen molar-refractivity contribution in [1.29, 1.82) is 0 Å². The average Bonchev–Trinajstić information content (AvgIpc) is 3.07. The third kappa shape index (κ3) is 4.21. The van der Waals surface area contributed by atoms with E-state index in [9.17, 15) is 0 Å². The maximum atomic E-state index is 6.47. The molecule has 1 aliphatic rings. The molecule has 5 rings (SSSR count). The smallest absolute Gasteiger partial charge is 0.327 e. The molecule has 2 heterocycles. The Bertz CT molecular complexity index is 1200. The molecule has 4 aromatic rings. The molecule has 5 heteroatoms. The monoisotopic (exact) mass is 433 g/mol. The van der Waals surface area contributed by atoms with Gasteiger partial charge in [-0.25, -0.2) is 15.0 Å². The zero-order chi connectivity index (χ0) is 23.1. The highest BCUT2D eigenvalue weighted by Gasteiger charge is 2.49. The summed E-state index contributed by atoms with van der Waals surface area (Å²) in [4.78, 5) is 14.5. The molecule has 1 aromatic heterocycles. The molecule has 0 amide bonds. The maximum Gasteiger partial charge on any atom is 0.327 e. The number of nitrogens with zero attached hydrogens (tertiary/aromatic N) is 3. The summed E-state index contributed by atoms with van der Waals surface area (Å²) in [6.07, 6.45) is 0.977. The van der Waals surface area contributed by atoms with Crippen LogP contribution in [0.25, 0.3) is 34.2 Å². The fourth-order valence-electron chi connectivity index (χ4n) is 4.27. The second-order valence-corrected chi connectivity index (χ2v) is 9.87. The van der Waals surface area contributed by atoms with Gasteiger partial charge in [0, 0.05) is 16.7 Å². The second kappa shape index (κ2) is 8.24. The molecule has 0 atom stereocenters. The summed E-state index contributed by atoms with van der Waals surface area (Å²) < 4.78 is 6.47. The lowest BCUT2D eigenvalue weighted by Gasteiger charge is -2.34. The van der Waals surface area contributed by atoms with E-state index in [-0.39, 0.29) is 17.9 Å². The van der Waals surface area contributed by atoms with Gasteiger partial charge in [-0.3, -0.25) is 0 Å². The number of rotatable bonds is 4. The molecule has 3 aromatic carbocycles. The van der Waals surface area contributed by atoms with Crippen molar-refractivity contribution >= 4 is 12.4 Å². The van der Waals surface area contributed by atoms with Crippen LogP contribution in [0, 0.1) is 5.41 Å². The van der Waals surface area contributed by atoms with Crippen LogP contribution in [0.3, 0.4) is 0 Å². The van der Waals surface area contributed by atoms with Crippen molar-refractivity contribution in [3.05, 3.63) is 84.9 Å². The maximum absolute atomic E-state index is 6.47. The van der Waals surface area contributed by atoms with Gasteiger partial charge in [0.25, 0.3) is 0 Å². The van der Waals surface area contributed by atoms with E-state index in [1.807, 2.05) is 60.7 Å². The van der Waals surface area contributed by atoms with E-state index < -0.39 is 0 Å². The first kappa shape index (κ1) is 21.5. The van der Waals surface area contributed by atoms with Gasteiger partial charge >= 0.3 is 6.92 Å². The molecular weight excluding hydrogens is 405 g/mol. The van der Waals surface area contributed by atoms with Crippen molar-refractivity contribution in [1.82, 2.24) is 15.0 Å². The summed E-state index contributed by atoms with van der Waals surface area (Å²) in [5.74, 6) is 2.01. The average molecular weight is 433 g/mol. The van der Waals surface area contributed by atoms with E-state index >= 15 is 0 Å². The third-order valence-corrected chi connectivity index (χ3v) is 6.98. The molecule has 4 nitrogen and oxygen atoms in total. The molecule has 1 aliphatic heterocycles. The van der Waals surface area contributed by atoms with Crippen LogP contribution in [0.15, 0.2) is 84.9 Å². The Labute approximate surface area is 196 Å². The fourth-order valence-corrected chi connectivity index (χ4v) is 4.27. The highest BCUT2D eigenvalue weighted by Crippen LogP contribution is 2.45. The van der Waals surface area contributed by atoms with Crippen molar-refractivity contribution in [2.75, 3.05) is 0 Å². The van der Waals surface area contributed by atoms with Crippen LogP contribution in [0.1, 0.15) is 27.7 Å². The zero-order valence-electron chi connectivity index (χ0n) is 19.6. The van der Waals surface area contributed by atoms with E-state index in [1.165, 1.54) is 0 Å². The topological polar surface area (TPSA) is 47.9 Å². The predicted octanol–water partition coefficient (Wildman–Crippen LogP) is 5.91. The van der Waals surface area contributed by atoms with Gasteiger partial charge in [0.2, 0.25) is 0 Å². The first-order chi connectivity index (χ1) is 15.8. The van der Waals surface area contributed by atoms with Gasteiger partial charge in [0.1, 0.15) is 0 Å². The summed E-state index contributed by atoms with van der Waals surface area (Å²) >= 11 is 0. The Morgan fingerprint density at radius 1 is 0.636 bits per heavy atom. The number of aromatic nitrogens is 3. The van der Waals surface area contributed by atoms with Gasteiger partial charge in [-0.05, 0) is 31.0 Å². The van der Waals surface area contributed by atoms with Crippen molar-refractivity contribution in [3.8, 4) is 34.2 Å². The quantitative estimate of drug-likeness (QED) is 0.376. The van der Waals surface area contributed by atoms with E-state index in [0.717, 1.165) is 28.5 Å². The van der Waals surface area contributed by atoms with Crippen molar-refractivity contribution in [3.63, 3.8) is 0 Å². The Kier molecular flexibility index (Phi) is 5.37. The molecule has 1 fully saturated rings. The molecular formula is C28H28BN3O. The van der Waals surface area contributed by atoms with Crippen molar-refractivity contribution < 1.29 is 4.65 Å². The summed E-state index contributed by atoms with van der Waals surface area (Å²) in [5.41, 5.74) is 3.99. The highest BCUT2D eigenvalue weighted by molar-refractivity contribution is 6.68. The summed E-state index contributed by atoms with van der Waals surface area (Å²) in [6.45, 7) is 8.98. The largest absolute Gasteiger partial charge is 0.426 e. The van der Waals surface area contributed by atoms with Crippen molar-refractivity contribution in [2.45, 2.75) is 39.6 Å². The van der Waals surface area contributed by atoms with E-state index in [2.05, 4.69) is 52.0 Å². The van der Waals surface area contributed by atoms with Crippen LogP contribution in [0.5, 0.6) is 0 Å². The van der Waals surface area contributed by atoms with Crippen LogP contribution in [-0.4, -0.2) is 27.5 Å². The molecule has 0 bridgehead atoms. The fraction of sp³-hybridized carbons (Fsp3) is 0.250. The van der Waals surface area contributed by atoms with Crippen LogP contribution < -0.4 is 5.46 Å². The summed E-state index contributed by atoms with van der Waals surface area (Å²) in [5, 5.41) is 0. The minimum Gasteiger partial charge on any atom is -0.426 e. The van der Waals surface area contributed by atoms with Gasteiger partial charge in [-0.2, -0.15) is 0 Å². The minimum absolute atomic E-state index is 0.0546. The SMILES string of the molecule is CC1(C)CB(c2cccc(-c3nc(-c4ccccc4)nc(-c4ccccc4)n3)c2)OC1(C)C. The lowest BCUT2D eigenvalue weighted by atomic mass is 9.54. The van der Waals surface area contributed by atoms with Gasteiger partial charge in [-0.15, -0.1) is 0 Å². The van der Waals surface area contributed by atoms with E-state index in [4.69, 9.17) is 19.6 Å². The van der Waals surface area contributed by atoms with E-state index in [1.54, 1.807) is 0 Å². The Balaban J connectivity index is 1.59. The third-order valence-electron chi connectivity index (χ3n) is 6.98. The Morgan fingerprint density at radius 3 is 1.61 bits per heavy atom. The molecule has 0 spiro atoms. The van der Waals surface area contributed by atoms with Gasteiger partial charge in [0.15, 0.2) is 17.5 Å². The van der Waals surface area contributed by atoms with Gasteiger partial charge < -0.3 is 4.65 Å². The number of hydrogen-bond acceptors (Lipinski definition) is 4. The number of benzene rings is 3. The molecule has 1 saturated heterocycles. The first-order valence-electron chi connectivity index (χ1n) is 11.5. The van der Waals surface area contributed by atoms with Crippen molar-refractivity contribution in [2.24, 2.45) is 5.41 Å². The summed E-state index contributed by atoms with van der Waals surface area (Å²) in [6, 6.07) is 28.6. The molecule has 0 saturated carbocycles. The predicted molar refractivity (Wildman–Crippen MR) is 135 cm³/mol. The molecule has 0 aliphatic carbocycles.